The van der Waals surface area contributed by atoms with Crippen LogP contribution in [-0.2, 0) is 34.2 Å². The van der Waals surface area contributed by atoms with E-state index < -0.39 is 28.5 Å². The number of fused-ring (bicyclic) bond motifs is 2. The maximum Gasteiger partial charge on any atom is 0.312 e. The van der Waals surface area contributed by atoms with Crippen molar-refractivity contribution in [2.45, 2.75) is 30.1 Å². The predicted molar refractivity (Wildman–Crippen MR) is 140 cm³/mol. The Balaban J connectivity index is 1.71. The van der Waals surface area contributed by atoms with Crippen molar-refractivity contribution >= 4 is 28.8 Å². The van der Waals surface area contributed by atoms with Crippen LogP contribution >= 0.6 is 0 Å². The smallest absolute Gasteiger partial charge is 0.312 e. The van der Waals surface area contributed by atoms with Gasteiger partial charge >= 0.3 is 5.97 Å². The highest BCUT2D eigenvalue weighted by Crippen LogP contribution is 2.54. The summed E-state index contributed by atoms with van der Waals surface area (Å²) in [5, 5.41) is 10.8. The van der Waals surface area contributed by atoms with Gasteiger partial charge in [0.25, 0.3) is 0 Å². The zero-order valence-electron chi connectivity index (χ0n) is 20.1. The highest BCUT2D eigenvalue weighted by Gasteiger charge is 2.51. The quantitative estimate of drug-likeness (QED) is 0.439. The molecule has 3 unspecified atom stereocenters. The zero-order chi connectivity index (χ0) is 24.7. The number of rotatable bonds is 7. The van der Waals surface area contributed by atoms with Crippen molar-refractivity contribution in [1.29, 1.82) is 0 Å². The third-order valence-electron chi connectivity index (χ3n) is 7.47. The predicted octanol–water partition coefficient (Wildman–Crippen LogP) is 5.67. The molecule has 5 rings (SSSR count). The number of methoxy groups -OCH3 is 1. The molecule has 3 atom stereocenters. The molecule has 5 heteroatoms. The molecule has 3 aromatic carbocycles. The lowest BCUT2D eigenvalue weighted by Gasteiger charge is -2.39. The van der Waals surface area contributed by atoms with Crippen molar-refractivity contribution < 1.29 is 19.2 Å². The lowest BCUT2D eigenvalue weighted by molar-refractivity contribution is -0.141. The van der Waals surface area contributed by atoms with Crippen LogP contribution in [0.4, 0.5) is 0 Å². The van der Waals surface area contributed by atoms with E-state index in [1.165, 1.54) is 0 Å². The van der Waals surface area contributed by atoms with Crippen molar-refractivity contribution in [2.24, 2.45) is 5.92 Å². The van der Waals surface area contributed by atoms with Gasteiger partial charge in [-0.15, -0.1) is 0 Å². The number of aliphatic carboxylic acids is 1. The highest BCUT2D eigenvalue weighted by molar-refractivity contribution is 7.90. The van der Waals surface area contributed by atoms with E-state index in [1.807, 2.05) is 67.6 Å². The average molecular weight is 485 g/mol. The molecular formula is C30H28O4S. The molecule has 0 heterocycles. The van der Waals surface area contributed by atoms with Gasteiger partial charge in [0.2, 0.25) is 0 Å². The Kier molecular flexibility index (Phi) is 6.07. The van der Waals surface area contributed by atoms with Gasteiger partial charge < -0.3 is 14.4 Å². The maximum absolute atomic E-state index is 13.2. The van der Waals surface area contributed by atoms with Crippen LogP contribution in [0.1, 0.15) is 34.7 Å². The molecule has 0 aromatic heterocycles. The molecule has 35 heavy (non-hydrogen) atoms. The summed E-state index contributed by atoms with van der Waals surface area (Å²) < 4.78 is 17.4. The Hall–Kier alpha value is -3.28. The molecule has 0 fully saturated rings. The lowest BCUT2D eigenvalue weighted by Crippen LogP contribution is -2.42. The third-order valence-corrected chi connectivity index (χ3v) is 8.41. The first-order chi connectivity index (χ1) is 16.8. The molecule has 4 nitrogen and oxygen atoms in total. The molecule has 1 N–H and O–H groups in total. The largest absolute Gasteiger partial charge is 0.612 e. The number of hydrogen-bond donors (Lipinski definition) is 1. The Labute approximate surface area is 209 Å². The van der Waals surface area contributed by atoms with Crippen LogP contribution in [0, 0.1) is 5.92 Å². The van der Waals surface area contributed by atoms with Crippen molar-refractivity contribution in [3.63, 3.8) is 0 Å². The van der Waals surface area contributed by atoms with Crippen LogP contribution in [0.5, 0.6) is 5.75 Å². The van der Waals surface area contributed by atoms with Crippen LogP contribution in [0.15, 0.2) is 83.3 Å². The number of allylic oxidation sites excluding steroid dienone is 2. The van der Waals surface area contributed by atoms with E-state index in [0.717, 1.165) is 56.0 Å². The topological polar surface area (TPSA) is 69.6 Å². The fourth-order valence-electron chi connectivity index (χ4n) is 5.80. The summed E-state index contributed by atoms with van der Waals surface area (Å²) in [4.78, 5) is 13.9. The Morgan fingerprint density at radius 1 is 1.14 bits per heavy atom. The Morgan fingerprint density at radius 3 is 2.57 bits per heavy atom. The fraction of sp³-hybridized carbons (Fsp3) is 0.233. The van der Waals surface area contributed by atoms with E-state index in [4.69, 9.17) is 4.74 Å². The maximum atomic E-state index is 13.2. The summed E-state index contributed by atoms with van der Waals surface area (Å²) in [7, 11) is 1.64. The molecule has 0 saturated carbocycles. The number of carbonyl (C=O) groups is 1. The van der Waals surface area contributed by atoms with E-state index >= 15 is 0 Å². The first kappa shape index (κ1) is 23.5. The average Bonchev–Trinajstić information content (AvgIpc) is 3.38. The standard InChI is InChI=1S/C30H28O4S/c1-19-16-22-17-23(34-2)11-15-27(22)30(19,18-20-8-12-24(13-9-20)35(3)33)28(29(31)32)26-14-10-21-6-4-5-7-25(21)26/h4-9,11-17,28H,10,18H2,1-3H3,(H,31,32). The van der Waals surface area contributed by atoms with Gasteiger partial charge in [-0.25, -0.2) is 0 Å². The molecule has 178 valence electrons. The summed E-state index contributed by atoms with van der Waals surface area (Å²) in [6.45, 7) is 2.04. The summed E-state index contributed by atoms with van der Waals surface area (Å²) >= 11 is -1.07. The zero-order valence-corrected chi connectivity index (χ0v) is 20.9. The second kappa shape index (κ2) is 9.06. The summed E-state index contributed by atoms with van der Waals surface area (Å²) in [5.74, 6) is -0.858. The molecule has 0 aliphatic heterocycles. The molecular weight excluding hydrogens is 456 g/mol. The summed E-state index contributed by atoms with van der Waals surface area (Å²) in [6, 6.07) is 21.7. The number of carboxylic acids is 1. The van der Waals surface area contributed by atoms with Crippen LogP contribution in [0.25, 0.3) is 11.6 Å². The van der Waals surface area contributed by atoms with Gasteiger partial charge in [-0.05, 0) is 88.6 Å². The van der Waals surface area contributed by atoms with Crippen LogP contribution in [-0.4, -0.2) is 29.0 Å². The molecule has 0 amide bonds. The van der Waals surface area contributed by atoms with Crippen LogP contribution in [0.3, 0.4) is 0 Å². The van der Waals surface area contributed by atoms with Gasteiger partial charge in [-0.3, -0.25) is 4.79 Å². The van der Waals surface area contributed by atoms with E-state index in [0.29, 0.717) is 6.42 Å². The fourth-order valence-corrected chi connectivity index (χ4v) is 6.32. The SMILES string of the molecule is COc1ccc2c(c1)C=C(C)C2(Cc1ccc([S+](C)[O-])cc1)C(C(=O)O)C1=CCc2ccccc21. The second-order valence-electron chi connectivity index (χ2n) is 9.32. The lowest BCUT2D eigenvalue weighted by atomic mass is 9.61. The molecule has 0 bridgehead atoms. The molecule has 2 aliphatic carbocycles. The molecule has 0 radical (unpaired) electrons. The third kappa shape index (κ3) is 3.89. The van der Waals surface area contributed by atoms with Crippen molar-refractivity contribution in [3.05, 3.63) is 106 Å². The van der Waals surface area contributed by atoms with Crippen LogP contribution < -0.4 is 4.74 Å². The number of ether oxygens (including phenoxy) is 1. The molecule has 0 spiro atoms. The van der Waals surface area contributed by atoms with Crippen LogP contribution in [0.2, 0.25) is 0 Å². The summed E-state index contributed by atoms with van der Waals surface area (Å²) in [5.41, 5.74) is 6.29. The number of hydrogen-bond acceptors (Lipinski definition) is 3. The molecule has 3 aromatic rings. The Morgan fingerprint density at radius 2 is 1.89 bits per heavy atom. The van der Waals surface area contributed by atoms with Gasteiger partial charge in [-0.2, -0.15) is 0 Å². The minimum atomic E-state index is -1.07. The normalized spacial score (nSPS) is 19.9. The van der Waals surface area contributed by atoms with Gasteiger partial charge in [0.05, 0.1) is 13.0 Å². The molecule has 2 aliphatic rings. The Bertz CT molecular complexity index is 1350. The minimum absolute atomic E-state index is 0.516. The van der Waals surface area contributed by atoms with Gasteiger partial charge in [0.1, 0.15) is 12.0 Å². The van der Waals surface area contributed by atoms with E-state index in [2.05, 4.69) is 18.2 Å². The van der Waals surface area contributed by atoms with E-state index in [9.17, 15) is 14.5 Å². The minimum Gasteiger partial charge on any atom is -0.612 e. The first-order valence-corrected chi connectivity index (χ1v) is 13.2. The summed E-state index contributed by atoms with van der Waals surface area (Å²) in [6.07, 6.45) is 7.10. The van der Waals surface area contributed by atoms with Crippen molar-refractivity contribution in [2.75, 3.05) is 13.4 Å². The second-order valence-corrected chi connectivity index (χ2v) is 10.7. The van der Waals surface area contributed by atoms with Crippen molar-refractivity contribution in [1.82, 2.24) is 0 Å². The van der Waals surface area contributed by atoms with Gasteiger partial charge in [0.15, 0.2) is 4.90 Å². The van der Waals surface area contributed by atoms with E-state index in [-0.39, 0.29) is 0 Å². The van der Waals surface area contributed by atoms with E-state index in [1.54, 1.807) is 13.4 Å². The monoisotopic (exact) mass is 484 g/mol. The van der Waals surface area contributed by atoms with Gasteiger partial charge in [0, 0.05) is 5.41 Å². The van der Waals surface area contributed by atoms with Gasteiger partial charge in [-0.1, -0.05) is 60.2 Å². The number of carboxylic acid groups (broad SMARTS) is 1. The number of benzene rings is 3. The first-order valence-electron chi connectivity index (χ1n) is 11.7. The highest BCUT2D eigenvalue weighted by atomic mass is 32.2. The van der Waals surface area contributed by atoms with Crippen molar-refractivity contribution in [3.8, 4) is 5.75 Å². The molecule has 0 saturated heterocycles.